The van der Waals surface area contributed by atoms with E-state index in [1.807, 2.05) is 30.3 Å². The Kier molecular flexibility index (Phi) is 4.41. The molecule has 0 aromatic heterocycles. The zero-order valence-corrected chi connectivity index (χ0v) is 11.9. The normalized spacial score (nSPS) is 9.79. The molecule has 0 bridgehead atoms. The average Bonchev–Trinajstić information content (AvgIpc) is 2.46. The SMILES string of the molecule is COc1ccc(Br)c(C(=O)NNc2ccccc2)c1. The Balaban J connectivity index is 2.08. The number of hydrogen-bond acceptors (Lipinski definition) is 3. The van der Waals surface area contributed by atoms with E-state index in [1.165, 1.54) is 0 Å². The van der Waals surface area contributed by atoms with Crippen molar-refractivity contribution in [3.05, 3.63) is 58.6 Å². The number of rotatable bonds is 4. The van der Waals surface area contributed by atoms with Crippen LogP contribution in [0.15, 0.2) is 53.0 Å². The van der Waals surface area contributed by atoms with E-state index in [0.717, 1.165) is 5.69 Å². The standard InChI is InChI=1S/C14H13BrN2O2/c1-19-11-7-8-13(15)12(9-11)14(18)17-16-10-5-3-2-4-6-10/h2-9,16H,1H3,(H,17,18). The Morgan fingerprint density at radius 1 is 1.16 bits per heavy atom. The molecule has 0 aliphatic heterocycles. The lowest BCUT2D eigenvalue weighted by Gasteiger charge is -2.10. The molecule has 2 aromatic rings. The Morgan fingerprint density at radius 2 is 1.89 bits per heavy atom. The highest BCUT2D eigenvalue weighted by Gasteiger charge is 2.10. The molecule has 0 radical (unpaired) electrons. The predicted molar refractivity (Wildman–Crippen MR) is 78.2 cm³/mol. The molecular weight excluding hydrogens is 308 g/mol. The number of methoxy groups -OCH3 is 1. The van der Waals surface area contributed by atoms with Gasteiger partial charge in [-0.15, -0.1) is 0 Å². The van der Waals surface area contributed by atoms with E-state index in [4.69, 9.17) is 4.74 Å². The molecule has 0 saturated carbocycles. The molecule has 0 fully saturated rings. The molecule has 2 rings (SSSR count). The summed E-state index contributed by atoms with van der Waals surface area (Å²) in [7, 11) is 1.56. The third-order valence-electron chi connectivity index (χ3n) is 2.51. The monoisotopic (exact) mass is 320 g/mol. The van der Waals surface area contributed by atoms with Crippen molar-refractivity contribution in [2.24, 2.45) is 0 Å². The molecule has 5 heteroatoms. The Hall–Kier alpha value is -2.01. The van der Waals surface area contributed by atoms with Gasteiger partial charge in [-0.2, -0.15) is 0 Å². The smallest absolute Gasteiger partial charge is 0.270 e. The maximum Gasteiger partial charge on any atom is 0.270 e. The summed E-state index contributed by atoms with van der Waals surface area (Å²) in [5, 5.41) is 0. The first-order valence-corrected chi connectivity index (χ1v) is 6.45. The summed E-state index contributed by atoms with van der Waals surface area (Å²) in [6.45, 7) is 0. The van der Waals surface area contributed by atoms with E-state index in [-0.39, 0.29) is 5.91 Å². The molecule has 0 spiro atoms. The molecule has 4 nitrogen and oxygen atoms in total. The lowest BCUT2D eigenvalue weighted by molar-refractivity contribution is 0.0961. The summed E-state index contributed by atoms with van der Waals surface area (Å²) in [5.41, 5.74) is 6.80. The Bertz CT molecular complexity index is 573. The number of benzene rings is 2. The van der Waals surface area contributed by atoms with Crippen molar-refractivity contribution >= 4 is 27.5 Å². The molecule has 0 aliphatic rings. The molecule has 0 atom stereocenters. The Morgan fingerprint density at radius 3 is 2.58 bits per heavy atom. The second kappa shape index (κ2) is 6.24. The van der Waals surface area contributed by atoms with Crippen LogP contribution in [0.2, 0.25) is 0 Å². The number of anilines is 1. The minimum atomic E-state index is -0.241. The van der Waals surface area contributed by atoms with E-state index in [9.17, 15) is 4.79 Å². The second-order valence-electron chi connectivity index (χ2n) is 3.79. The molecule has 0 heterocycles. The van der Waals surface area contributed by atoms with Crippen molar-refractivity contribution in [2.45, 2.75) is 0 Å². The third kappa shape index (κ3) is 3.48. The highest BCUT2D eigenvalue weighted by Crippen LogP contribution is 2.22. The fraction of sp³-hybridized carbons (Fsp3) is 0.0714. The van der Waals surface area contributed by atoms with Crippen molar-refractivity contribution in [1.29, 1.82) is 0 Å². The van der Waals surface area contributed by atoms with E-state index < -0.39 is 0 Å². The van der Waals surface area contributed by atoms with Crippen LogP contribution in [0.3, 0.4) is 0 Å². The minimum absolute atomic E-state index is 0.241. The zero-order chi connectivity index (χ0) is 13.7. The van der Waals surface area contributed by atoms with Gasteiger partial charge in [-0.3, -0.25) is 15.6 Å². The number of halogens is 1. The van der Waals surface area contributed by atoms with Crippen LogP contribution in [0, 0.1) is 0 Å². The van der Waals surface area contributed by atoms with Gasteiger partial charge >= 0.3 is 0 Å². The quantitative estimate of drug-likeness (QED) is 0.850. The van der Waals surface area contributed by atoms with Gasteiger partial charge in [0.15, 0.2) is 0 Å². The second-order valence-corrected chi connectivity index (χ2v) is 4.65. The summed E-state index contributed by atoms with van der Waals surface area (Å²) in [6, 6.07) is 14.6. The summed E-state index contributed by atoms with van der Waals surface area (Å²) in [6.07, 6.45) is 0. The third-order valence-corrected chi connectivity index (χ3v) is 3.20. The molecule has 98 valence electrons. The van der Waals surface area contributed by atoms with Crippen LogP contribution in [0.1, 0.15) is 10.4 Å². The van der Waals surface area contributed by atoms with Crippen molar-refractivity contribution in [3.63, 3.8) is 0 Å². The van der Waals surface area contributed by atoms with Gasteiger partial charge in [0, 0.05) is 4.47 Å². The number of carbonyl (C=O) groups is 1. The van der Waals surface area contributed by atoms with Gasteiger partial charge in [0.2, 0.25) is 0 Å². The average molecular weight is 321 g/mol. The summed E-state index contributed by atoms with van der Waals surface area (Å²) < 4.78 is 5.81. The number of hydrogen-bond donors (Lipinski definition) is 2. The van der Waals surface area contributed by atoms with Crippen LogP contribution in [-0.2, 0) is 0 Å². The largest absolute Gasteiger partial charge is 0.497 e. The van der Waals surface area contributed by atoms with E-state index in [2.05, 4.69) is 26.8 Å². The molecule has 2 N–H and O–H groups in total. The van der Waals surface area contributed by atoms with Crippen LogP contribution in [0.4, 0.5) is 5.69 Å². The van der Waals surface area contributed by atoms with Crippen LogP contribution in [-0.4, -0.2) is 13.0 Å². The van der Waals surface area contributed by atoms with E-state index in [0.29, 0.717) is 15.8 Å². The molecule has 2 aromatic carbocycles. The minimum Gasteiger partial charge on any atom is -0.497 e. The lowest BCUT2D eigenvalue weighted by Crippen LogP contribution is -2.29. The topological polar surface area (TPSA) is 50.4 Å². The van der Waals surface area contributed by atoms with E-state index >= 15 is 0 Å². The number of amides is 1. The first-order chi connectivity index (χ1) is 9.20. The van der Waals surface area contributed by atoms with Gasteiger partial charge in [0.25, 0.3) is 5.91 Å². The van der Waals surface area contributed by atoms with Gasteiger partial charge in [-0.25, -0.2) is 0 Å². The number of para-hydroxylation sites is 1. The number of nitrogens with one attached hydrogen (secondary N) is 2. The maximum absolute atomic E-state index is 12.0. The van der Waals surface area contributed by atoms with Crippen LogP contribution in [0.25, 0.3) is 0 Å². The van der Waals surface area contributed by atoms with Crippen molar-refractivity contribution < 1.29 is 9.53 Å². The van der Waals surface area contributed by atoms with Crippen molar-refractivity contribution in [2.75, 3.05) is 12.5 Å². The van der Waals surface area contributed by atoms with E-state index in [1.54, 1.807) is 25.3 Å². The number of hydrazine groups is 1. The van der Waals surface area contributed by atoms with Gasteiger partial charge in [-0.05, 0) is 46.3 Å². The first-order valence-electron chi connectivity index (χ1n) is 5.65. The predicted octanol–water partition coefficient (Wildman–Crippen LogP) is 3.21. The molecule has 0 aliphatic carbocycles. The van der Waals surface area contributed by atoms with Crippen LogP contribution >= 0.6 is 15.9 Å². The molecule has 0 unspecified atom stereocenters. The molecular formula is C14H13BrN2O2. The highest BCUT2D eigenvalue weighted by molar-refractivity contribution is 9.10. The van der Waals surface area contributed by atoms with Crippen LogP contribution in [0.5, 0.6) is 5.75 Å². The molecule has 0 saturated heterocycles. The zero-order valence-electron chi connectivity index (χ0n) is 10.3. The molecule has 19 heavy (non-hydrogen) atoms. The van der Waals surface area contributed by atoms with Gasteiger partial charge < -0.3 is 4.74 Å². The highest BCUT2D eigenvalue weighted by atomic mass is 79.9. The fourth-order valence-electron chi connectivity index (χ4n) is 1.52. The number of carbonyl (C=O) groups excluding carboxylic acids is 1. The summed E-state index contributed by atoms with van der Waals surface area (Å²) >= 11 is 3.34. The maximum atomic E-state index is 12.0. The van der Waals surface area contributed by atoms with Crippen molar-refractivity contribution in [1.82, 2.24) is 5.43 Å². The Labute approximate surface area is 119 Å². The van der Waals surface area contributed by atoms with Gasteiger partial charge in [-0.1, -0.05) is 18.2 Å². The lowest BCUT2D eigenvalue weighted by atomic mass is 10.2. The first kappa shape index (κ1) is 13.4. The fourth-order valence-corrected chi connectivity index (χ4v) is 1.95. The summed E-state index contributed by atoms with van der Waals surface area (Å²) in [5.74, 6) is 0.391. The molecule has 1 amide bonds. The summed E-state index contributed by atoms with van der Waals surface area (Å²) in [4.78, 5) is 12.0. The van der Waals surface area contributed by atoms with Crippen molar-refractivity contribution in [3.8, 4) is 5.75 Å². The van der Waals surface area contributed by atoms with Gasteiger partial charge in [0.1, 0.15) is 5.75 Å². The van der Waals surface area contributed by atoms with Gasteiger partial charge in [0.05, 0.1) is 18.4 Å². The van der Waals surface area contributed by atoms with Crippen LogP contribution < -0.4 is 15.6 Å². The number of ether oxygens (including phenoxy) is 1.